The topological polar surface area (TPSA) is 55.1 Å². The van der Waals surface area contributed by atoms with Crippen LogP contribution in [-0.4, -0.2) is 20.9 Å². The average molecular weight is 320 g/mol. The zero-order valence-corrected chi connectivity index (χ0v) is 13.9. The Labute approximate surface area is 141 Å². The summed E-state index contributed by atoms with van der Waals surface area (Å²) in [6, 6.07) is 17.4. The minimum absolute atomic E-state index is 0.314. The number of rotatable bonds is 5. The van der Waals surface area contributed by atoms with Gasteiger partial charge in [0.1, 0.15) is 0 Å². The zero-order valence-electron chi connectivity index (χ0n) is 13.9. The van der Waals surface area contributed by atoms with E-state index in [9.17, 15) is 9.90 Å². The van der Waals surface area contributed by atoms with Crippen molar-refractivity contribution in [3.05, 3.63) is 71.4 Å². The first-order valence-electron chi connectivity index (χ1n) is 8.08. The molecule has 1 N–H and O–H groups in total. The van der Waals surface area contributed by atoms with Crippen molar-refractivity contribution in [3.63, 3.8) is 0 Å². The zero-order chi connectivity index (χ0) is 17.1. The molecule has 0 bridgehead atoms. The summed E-state index contributed by atoms with van der Waals surface area (Å²) >= 11 is 0. The van der Waals surface area contributed by atoms with Crippen LogP contribution in [0, 0.1) is 6.92 Å². The molecule has 4 nitrogen and oxygen atoms in total. The van der Waals surface area contributed by atoms with Crippen LogP contribution in [0.15, 0.2) is 54.6 Å². The third-order valence-corrected chi connectivity index (χ3v) is 3.91. The van der Waals surface area contributed by atoms with Crippen LogP contribution in [0.4, 0.5) is 0 Å². The lowest BCUT2D eigenvalue weighted by Crippen LogP contribution is -2.02. The minimum atomic E-state index is -0.906. The van der Waals surface area contributed by atoms with Crippen molar-refractivity contribution in [1.29, 1.82) is 0 Å². The second-order valence-electron chi connectivity index (χ2n) is 5.89. The molecule has 1 heterocycles. The number of nitrogens with zero attached hydrogens (tertiary/aromatic N) is 2. The molecule has 0 saturated carbocycles. The lowest BCUT2D eigenvalue weighted by Gasteiger charge is -2.10. The predicted molar refractivity (Wildman–Crippen MR) is 94.7 cm³/mol. The second-order valence-corrected chi connectivity index (χ2v) is 5.89. The number of carbonyl (C=O) groups is 1. The van der Waals surface area contributed by atoms with Gasteiger partial charge in [-0.2, -0.15) is 5.10 Å². The van der Waals surface area contributed by atoms with Gasteiger partial charge >= 0.3 is 5.97 Å². The van der Waals surface area contributed by atoms with Crippen molar-refractivity contribution < 1.29 is 9.90 Å². The molecule has 0 fully saturated rings. The minimum Gasteiger partial charge on any atom is -0.478 e. The number of hydrogen-bond donors (Lipinski definition) is 1. The number of carboxylic acids is 1. The number of hydrogen-bond acceptors (Lipinski definition) is 2. The number of aryl methyl sites for hydroxylation is 2. The highest BCUT2D eigenvalue weighted by Crippen LogP contribution is 2.26. The summed E-state index contributed by atoms with van der Waals surface area (Å²) in [5.41, 5.74) is 4.98. The molecule has 0 saturated heterocycles. The Morgan fingerprint density at radius 1 is 1.12 bits per heavy atom. The van der Waals surface area contributed by atoms with Crippen LogP contribution < -0.4 is 0 Å². The molecule has 0 aliphatic carbocycles. The van der Waals surface area contributed by atoms with E-state index in [2.05, 4.69) is 18.1 Å². The Hall–Kier alpha value is -2.88. The van der Waals surface area contributed by atoms with Crippen LogP contribution in [0.25, 0.3) is 16.9 Å². The molecule has 0 spiro atoms. The first-order chi connectivity index (χ1) is 11.6. The fourth-order valence-electron chi connectivity index (χ4n) is 2.87. The van der Waals surface area contributed by atoms with Gasteiger partial charge in [0.15, 0.2) is 0 Å². The maximum absolute atomic E-state index is 11.5. The molecule has 24 heavy (non-hydrogen) atoms. The fraction of sp³-hybridized carbons (Fsp3) is 0.200. The molecule has 1 aromatic heterocycles. The first-order valence-corrected chi connectivity index (χ1v) is 8.08. The van der Waals surface area contributed by atoms with Gasteiger partial charge in [-0.1, -0.05) is 31.5 Å². The van der Waals surface area contributed by atoms with E-state index in [0.29, 0.717) is 5.56 Å². The van der Waals surface area contributed by atoms with Gasteiger partial charge in [0.2, 0.25) is 0 Å². The van der Waals surface area contributed by atoms with E-state index in [1.807, 2.05) is 48.0 Å². The molecule has 0 unspecified atom stereocenters. The van der Waals surface area contributed by atoms with E-state index in [0.717, 1.165) is 41.0 Å². The molecule has 0 aliphatic rings. The van der Waals surface area contributed by atoms with Gasteiger partial charge in [-0.3, -0.25) is 0 Å². The highest BCUT2D eigenvalue weighted by molar-refractivity contribution is 5.89. The summed E-state index contributed by atoms with van der Waals surface area (Å²) < 4.78 is 1.87. The summed E-state index contributed by atoms with van der Waals surface area (Å²) in [5, 5.41) is 14.0. The van der Waals surface area contributed by atoms with Gasteiger partial charge in [0.25, 0.3) is 0 Å². The fourth-order valence-corrected chi connectivity index (χ4v) is 2.87. The SMILES string of the molecule is CCCc1cc(C(=O)O)cc(-c2cc(C)nn2-c2ccccc2)c1. The molecule has 0 aliphatic heterocycles. The summed E-state index contributed by atoms with van der Waals surface area (Å²) in [6.07, 6.45) is 1.83. The van der Waals surface area contributed by atoms with E-state index in [4.69, 9.17) is 0 Å². The molecule has 122 valence electrons. The molecule has 4 heteroatoms. The molecule has 0 amide bonds. The average Bonchev–Trinajstić information content (AvgIpc) is 2.97. The predicted octanol–water partition coefficient (Wildman–Crippen LogP) is 4.50. The van der Waals surface area contributed by atoms with Crippen LogP contribution in [0.1, 0.15) is 35.0 Å². The lowest BCUT2D eigenvalue weighted by molar-refractivity contribution is 0.0697. The Balaban J connectivity index is 2.17. The summed E-state index contributed by atoms with van der Waals surface area (Å²) in [6.45, 7) is 4.03. The summed E-state index contributed by atoms with van der Waals surface area (Å²) in [7, 11) is 0. The number of carboxylic acid groups (broad SMARTS) is 1. The Morgan fingerprint density at radius 3 is 2.54 bits per heavy atom. The highest BCUT2D eigenvalue weighted by atomic mass is 16.4. The van der Waals surface area contributed by atoms with Gasteiger partial charge in [-0.25, -0.2) is 9.48 Å². The molecule has 0 atom stereocenters. The molecular weight excluding hydrogens is 300 g/mol. The molecule has 3 aromatic rings. The van der Waals surface area contributed by atoms with Gasteiger partial charge < -0.3 is 5.11 Å². The van der Waals surface area contributed by atoms with Crippen LogP contribution in [0.2, 0.25) is 0 Å². The highest BCUT2D eigenvalue weighted by Gasteiger charge is 2.14. The van der Waals surface area contributed by atoms with Gasteiger partial charge in [-0.15, -0.1) is 0 Å². The maximum Gasteiger partial charge on any atom is 0.335 e. The van der Waals surface area contributed by atoms with Crippen molar-refractivity contribution in [1.82, 2.24) is 9.78 Å². The monoisotopic (exact) mass is 320 g/mol. The third-order valence-electron chi connectivity index (χ3n) is 3.91. The molecular formula is C20H20N2O2. The van der Waals surface area contributed by atoms with Crippen molar-refractivity contribution in [2.75, 3.05) is 0 Å². The Bertz CT molecular complexity index is 867. The lowest BCUT2D eigenvalue weighted by atomic mass is 10.0. The number of aromatic carboxylic acids is 1. The van der Waals surface area contributed by atoms with Crippen molar-refractivity contribution >= 4 is 5.97 Å². The van der Waals surface area contributed by atoms with Crippen molar-refractivity contribution in [2.45, 2.75) is 26.7 Å². The molecule has 0 radical (unpaired) electrons. The second kappa shape index (κ2) is 6.71. The van der Waals surface area contributed by atoms with Crippen LogP contribution in [0.3, 0.4) is 0 Å². The van der Waals surface area contributed by atoms with E-state index in [-0.39, 0.29) is 0 Å². The van der Waals surface area contributed by atoms with E-state index in [1.165, 1.54) is 0 Å². The van der Waals surface area contributed by atoms with E-state index < -0.39 is 5.97 Å². The van der Waals surface area contributed by atoms with Gasteiger partial charge in [-0.05, 0) is 55.3 Å². The quantitative estimate of drug-likeness (QED) is 0.753. The summed E-state index contributed by atoms with van der Waals surface area (Å²) in [5.74, 6) is -0.906. The van der Waals surface area contributed by atoms with Crippen LogP contribution in [-0.2, 0) is 6.42 Å². The third kappa shape index (κ3) is 3.23. The molecule has 2 aromatic carbocycles. The first kappa shape index (κ1) is 16.0. The van der Waals surface area contributed by atoms with Crippen LogP contribution in [0.5, 0.6) is 0 Å². The molecule has 3 rings (SSSR count). The van der Waals surface area contributed by atoms with Gasteiger partial charge in [0.05, 0.1) is 22.6 Å². The number of para-hydroxylation sites is 1. The number of benzene rings is 2. The van der Waals surface area contributed by atoms with E-state index >= 15 is 0 Å². The van der Waals surface area contributed by atoms with Crippen LogP contribution >= 0.6 is 0 Å². The van der Waals surface area contributed by atoms with Crippen molar-refractivity contribution in [2.24, 2.45) is 0 Å². The van der Waals surface area contributed by atoms with E-state index in [1.54, 1.807) is 12.1 Å². The maximum atomic E-state index is 11.5. The number of aromatic nitrogens is 2. The largest absolute Gasteiger partial charge is 0.478 e. The summed E-state index contributed by atoms with van der Waals surface area (Å²) in [4.78, 5) is 11.5. The smallest absolute Gasteiger partial charge is 0.335 e. The van der Waals surface area contributed by atoms with Gasteiger partial charge in [0, 0.05) is 5.56 Å². The Kier molecular flexibility index (Phi) is 4.47. The Morgan fingerprint density at radius 2 is 1.88 bits per heavy atom. The van der Waals surface area contributed by atoms with Crippen molar-refractivity contribution in [3.8, 4) is 16.9 Å². The standard InChI is InChI=1S/C20H20N2O2/c1-3-7-15-11-16(13-17(12-15)20(23)24)19-10-14(2)21-22(19)18-8-5-4-6-9-18/h4-6,8-13H,3,7H2,1-2H3,(H,23,24). The normalized spacial score (nSPS) is 10.8.